The molecule has 0 aliphatic heterocycles. The van der Waals surface area contributed by atoms with Gasteiger partial charge in [0.05, 0.1) is 12.0 Å². The fourth-order valence-corrected chi connectivity index (χ4v) is 2.14. The molecular formula is C16H23NO4. The number of nitrogens with zero attached hydrogens (tertiary/aromatic N) is 1. The van der Waals surface area contributed by atoms with Crippen molar-refractivity contribution >= 4 is 12.4 Å². The molecule has 21 heavy (non-hydrogen) atoms. The third-order valence-electron chi connectivity index (χ3n) is 3.50. The fraction of sp³-hybridized carbons (Fsp3) is 0.500. The SMILES string of the molecule is CCCC[C@@H](C(=O)O)[C@@H](C)N(C=O)OCc1ccccc1. The van der Waals surface area contributed by atoms with Gasteiger partial charge in [0.2, 0.25) is 6.41 Å². The van der Waals surface area contributed by atoms with Crippen molar-refractivity contribution in [2.75, 3.05) is 0 Å². The number of carbonyl (C=O) groups excluding carboxylic acids is 1. The van der Waals surface area contributed by atoms with Gasteiger partial charge in [0.1, 0.15) is 6.61 Å². The molecule has 0 radical (unpaired) electrons. The molecule has 1 rings (SSSR count). The second-order valence-electron chi connectivity index (χ2n) is 5.05. The van der Waals surface area contributed by atoms with Crippen LogP contribution in [0.3, 0.4) is 0 Å². The lowest BCUT2D eigenvalue weighted by Crippen LogP contribution is -2.41. The van der Waals surface area contributed by atoms with Crippen LogP contribution in [0.5, 0.6) is 0 Å². The number of rotatable bonds is 10. The number of hydrogen-bond acceptors (Lipinski definition) is 3. The predicted molar refractivity (Wildman–Crippen MR) is 79.2 cm³/mol. The Hall–Kier alpha value is -1.88. The maximum atomic E-state index is 11.3. The van der Waals surface area contributed by atoms with Gasteiger partial charge < -0.3 is 5.11 Å². The van der Waals surface area contributed by atoms with Gasteiger partial charge in [-0.25, -0.2) is 5.06 Å². The van der Waals surface area contributed by atoms with E-state index in [9.17, 15) is 14.7 Å². The molecule has 0 aliphatic rings. The lowest BCUT2D eigenvalue weighted by molar-refractivity contribution is -0.199. The summed E-state index contributed by atoms with van der Waals surface area (Å²) in [6.45, 7) is 3.95. The Morgan fingerprint density at radius 2 is 2.05 bits per heavy atom. The van der Waals surface area contributed by atoms with Gasteiger partial charge in [-0.1, -0.05) is 50.1 Å². The summed E-state index contributed by atoms with van der Waals surface area (Å²) < 4.78 is 0. The van der Waals surface area contributed by atoms with Crippen LogP contribution in [0.2, 0.25) is 0 Å². The van der Waals surface area contributed by atoms with E-state index in [0.29, 0.717) is 12.8 Å². The number of unbranched alkanes of at least 4 members (excludes halogenated alkanes) is 1. The van der Waals surface area contributed by atoms with E-state index < -0.39 is 17.9 Å². The molecule has 5 nitrogen and oxygen atoms in total. The summed E-state index contributed by atoms with van der Waals surface area (Å²) in [5, 5.41) is 10.4. The Labute approximate surface area is 125 Å². The van der Waals surface area contributed by atoms with Crippen molar-refractivity contribution in [2.45, 2.75) is 45.8 Å². The number of carboxylic acids is 1. The Kier molecular flexibility index (Phi) is 7.46. The summed E-state index contributed by atoms with van der Waals surface area (Å²) in [4.78, 5) is 28.0. The molecular weight excluding hydrogens is 270 g/mol. The van der Waals surface area contributed by atoms with Crippen molar-refractivity contribution in [2.24, 2.45) is 5.92 Å². The summed E-state index contributed by atoms with van der Waals surface area (Å²) in [5.41, 5.74) is 0.928. The predicted octanol–water partition coefficient (Wildman–Crippen LogP) is 2.86. The maximum absolute atomic E-state index is 11.3. The van der Waals surface area contributed by atoms with Gasteiger partial charge in [-0.2, -0.15) is 0 Å². The number of hydroxylamine groups is 2. The molecule has 0 unspecified atom stereocenters. The van der Waals surface area contributed by atoms with Crippen LogP contribution in [-0.4, -0.2) is 28.6 Å². The molecule has 1 aromatic rings. The second kappa shape index (κ2) is 9.13. The van der Waals surface area contributed by atoms with Crippen LogP contribution in [0.1, 0.15) is 38.7 Å². The van der Waals surface area contributed by atoms with E-state index in [4.69, 9.17) is 4.84 Å². The summed E-state index contributed by atoms with van der Waals surface area (Å²) in [5.74, 6) is -1.52. The number of benzene rings is 1. The summed E-state index contributed by atoms with van der Waals surface area (Å²) in [6.07, 6.45) is 2.82. The van der Waals surface area contributed by atoms with Crippen LogP contribution in [0.4, 0.5) is 0 Å². The first kappa shape index (κ1) is 17.2. The van der Waals surface area contributed by atoms with E-state index in [1.807, 2.05) is 37.3 Å². The molecule has 5 heteroatoms. The van der Waals surface area contributed by atoms with E-state index in [-0.39, 0.29) is 6.61 Å². The van der Waals surface area contributed by atoms with Crippen molar-refractivity contribution in [1.82, 2.24) is 5.06 Å². The Morgan fingerprint density at radius 3 is 2.57 bits per heavy atom. The van der Waals surface area contributed by atoms with Gasteiger partial charge in [0.15, 0.2) is 0 Å². The van der Waals surface area contributed by atoms with Gasteiger partial charge in [-0.15, -0.1) is 0 Å². The third-order valence-corrected chi connectivity index (χ3v) is 3.50. The molecule has 0 aliphatic carbocycles. The Bertz CT molecular complexity index is 435. The summed E-state index contributed by atoms with van der Waals surface area (Å²) in [7, 11) is 0. The monoisotopic (exact) mass is 293 g/mol. The van der Waals surface area contributed by atoms with Gasteiger partial charge in [0, 0.05) is 0 Å². The van der Waals surface area contributed by atoms with Gasteiger partial charge in [-0.3, -0.25) is 14.4 Å². The fourth-order valence-electron chi connectivity index (χ4n) is 2.14. The Balaban J connectivity index is 2.63. The van der Waals surface area contributed by atoms with Crippen LogP contribution in [0.15, 0.2) is 30.3 Å². The third kappa shape index (κ3) is 5.55. The molecule has 0 bridgehead atoms. The highest BCUT2D eigenvalue weighted by atomic mass is 16.7. The molecule has 0 heterocycles. The van der Waals surface area contributed by atoms with E-state index in [1.54, 1.807) is 6.92 Å². The first-order valence-corrected chi connectivity index (χ1v) is 7.23. The van der Waals surface area contributed by atoms with E-state index in [2.05, 4.69) is 0 Å². The van der Waals surface area contributed by atoms with Crippen molar-refractivity contribution in [3.8, 4) is 0 Å². The highest BCUT2D eigenvalue weighted by Crippen LogP contribution is 2.18. The van der Waals surface area contributed by atoms with Crippen molar-refractivity contribution in [1.29, 1.82) is 0 Å². The number of carboxylic acid groups (broad SMARTS) is 1. The van der Waals surface area contributed by atoms with Crippen LogP contribution in [0.25, 0.3) is 0 Å². The quantitative estimate of drug-likeness (QED) is 0.532. The van der Waals surface area contributed by atoms with Gasteiger partial charge >= 0.3 is 5.97 Å². The largest absolute Gasteiger partial charge is 0.481 e. The molecule has 1 amide bonds. The first-order chi connectivity index (χ1) is 10.1. The van der Waals surface area contributed by atoms with Gasteiger partial charge in [-0.05, 0) is 18.9 Å². The zero-order chi connectivity index (χ0) is 15.7. The van der Waals surface area contributed by atoms with Crippen LogP contribution >= 0.6 is 0 Å². The number of carbonyl (C=O) groups is 2. The standard InChI is InChI=1S/C16H23NO4/c1-3-4-10-15(16(19)20)13(2)17(12-18)21-11-14-8-6-5-7-9-14/h5-9,12-13,15H,3-4,10-11H2,1-2H3,(H,19,20)/t13-,15-/m1/s1. The van der Waals surface area contributed by atoms with Crippen molar-refractivity contribution < 1.29 is 19.5 Å². The van der Waals surface area contributed by atoms with E-state index >= 15 is 0 Å². The maximum Gasteiger partial charge on any atom is 0.308 e. The van der Waals surface area contributed by atoms with E-state index in [1.165, 1.54) is 0 Å². The Morgan fingerprint density at radius 1 is 1.38 bits per heavy atom. The molecule has 1 aromatic carbocycles. The molecule has 0 saturated carbocycles. The van der Waals surface area contributed by atoms with Gasteiger partial charge in [0.25, 0.3) is 0 Å². The zero-order valence-electron chi connectivity index (χ0n) is 12.6. The number of amides is 1. The van der Waals surface area contributed by atoms with Crippen LogP contribution in [0, 0.1) is 5.92 Å². The number of aliphatic carboxylic acids is 1. The number of hydrogen-bond donors (Lipinski definition) is 1. The molecule has 0 spiro atoms. The highest BCUT2D eigenvalue weighted by Gasteiger charge is 2.29. The average molecular weight is 293 g/mol. The second-order valence-corrected chi connectivity index (χ2v) is 5.05. The average Bonchev–Trinajstić information content (AvgIpc) is 2.49. The lowest BCUT2D eigenvalue weighted by atomic mass is 9.95. The molecule has 0 saturated heterocycles. The molecule has 1 N–H and O–H groups in total. The molecule has 0 fully saturated rings. The molecule has 2 atom stereocenters. The smallest absolute Gasteiger partial charge is 0.308 e. The highest BCUT2D eigenvalue weighted by molar-refractivity contribution is 5.71. The molecule has 116 valence electrons. The van der Waals surface area contributed by atoms with Crippen LogP contribution < -0.4 is 0 Å². The first-order valence-electron chi connectivity index (χ1n) is 7.23. The normalized spacial score (nSPS) is 13.4. The lowest BCUT2D eigenvalue weighted by Gasteiger charge is -2.28. The molecule has 0 aromatic heterocycles. The van der Waals surface area contributed by atoms with Crippen molar-refractivity contribution in [3.05, 3.63) is 35.9 Å². The zero-order valence-corrected chi connectivity index (χ0v) is 12.6. The topological polar surface area (TPSA) is 66.8 Å². The van der Waals surface area contributed by atoms with E-state index in [0.717, 1.165) is 23.5 Å². The summed E-state index contributed by atoms with van der Waals surface area (Å²) >= 11 is 0. The van der Waals surface area contributed by atoms with Crippen LogP contribution in [-0.2, 0) is 21.0 Å². The minimum Gasteiger partial charge on any atom is -0.481 e. The summed E-state index contributed by atoms with van der Waals surface area (Å²) in [6, 6.07) is 8.94. The minimum atomic E-state index is -0.897. The minimum absolute atomic E-state index is 0.240. The van der Waals surface area contributed by atoms with Crippen molar-refractivity contribution in [3.63, 3.8) is 0 Å².